The minimum Gasteiger partial charge on any atom is -0.505 e. The molecule has 0 aliphatic heterocycles. The molecule has 6 atom stereocenters. The molecule has 0 heterocycles. The van der Waals surface area contributed by atoms with Crippen molar-refractivity contribution in [3.8, 4) is 5.75 Å². The number of nitrogens with one attached hydrogen (secondary N) is 2. The molecule has 2 amide bonds. The number of fused-ring (bicyclic) bond motifs is 3. The van der Waals surface area contributed by atoms with Crippen LogP contribution in [0.15, 0.2) is 6.07 Å². The molecule has 15 heteroatoms. The van der Waals surface area contributed by atoms with E-state index < -0.39 is 82.3 Å². The van der Waals surface area contributed by atoms with Gasteiger partial charge in [0.15, 0.2) is 40.9 Å². The first kappa shape index (κ1) is 35.1. The van der Waals surface area contributed by atoms with Gasteiger partial charge in [-0.1, -0.05) is 0 Å². The number of primary amides is 1. The van der Waals surface area contributed by atoms with Crippen LogP contribution in [-0.4, -0.2) is 122 Å². The summed E-state index contributed by atoms with van der Waals surface area (Å²) < 4.78 is 10.9. The van der Waals surface area contributed by atoms with Crippen LogP contribution in [0.2, 0.25) is 0 Å². The third kappa shape index (κ3) is 5.93. The molecule has 252 valence electrons. The lowest BCUT2D eigenvalue weighted by atomic mass is 9.52. The first-order valence-electron chi connectivity index (χ1n) is 15.3. The Balaban J connectivity index is 1.69. The summed E-state index contributed by atoms with van der Waals surface area (Å²) in [5.74, 6) is -12.1. The van der Waals surface area contributed by atoms with Crippen molar-refractivity contribution in [2.75, 3.05) is 64.7 Å². The molecule has 2 fully saturated rings. The molecule has 15 nitrogen and oxygen atoms in total. The molecule has 4 unspecified atom stereocenters. The number of anilines is 2. The second-order valence-electron chi connectivity index (χ2n) is 12.3. The van der Waals surface area contributed by atoms with Gasteiger partial charge in [-0.3, -0.25) is 33.7 Å². The van der Waals surface area contributed by atoms with Gasteiger partial charge in [0.25, 0.3) is 0 Å². The number of ketones is 4. The number of hydrogen-bond acceptors (Lipinski definition) is 13. The van der Waals surface area contributed by atoms with Gasteiger partial charge in [-0.05, 0) is 58.3 Å². The van der Waals surface area contributed by atoms with Crippen LogP contribution < -0.4 is 21.3 Å². The summed E-state index contributed by atoms with van der Waals surface area (Å²) in [6, 6.07) is 0.337. The van der Waals surface area contributed by atoms with Crippen LogP contribution in [0, 0.1) is 23.7 Å². The number of aliphatic hydroxyl groups is 1. The largest absolute Gasteiger partial charge is 0.505 e. The van der Waals surface area contributed by atoms with Crippen molar-refractivity contribution < 1.29 is 48.5 Å². The first-order valence-corrected chi connectivity index (χ1v) is 15.3. The topological polar surface area (TPSA) is 218 Å². The van der Waals surface area contributed by atoms with E-state index in [-0.39, 0.29) is 37.2 Å². The van der Waals surface area contributed by atoms with Crippen LogP contribution in [0.4, 0.5) is 11.4 Å². The second kappa shape index (κ2) is 13.5. The quantitative estimate of drug-likeness (QED) is 0.103. The van der Waals surface area contributed by atoms with Gasteiger partial charge in [0.1, 0.15) is 5.75 Å². The van der Waals surface area contributed by atoms with E-state index in [4.69, 9.17) is 15.2 Å². The maximum atomic E-state index is 14.1. The lowest BCUT2D eigenvalue weighted by Gasteiger charge is -2.52. The van der Waals surface area contributed by atoms with Gasteiger partial charge in [0, 0.05) is 45.5 Å². The maximum absolute atomic E-state index is 14.1. The first-order chi connectivity index (χ1) is 21.6. The number of hydrogen-bond donors (Lipinski definition) is 5. The summed E-state index contributed by atoms with van der Waals surface area (Å²) in [5, 5.41) is 28.6. The molecule has 3 aliphatic carbocycles. The van der Waals surface area contributed by atoms with Crippen molar-refractivity contribution in [3.63, 3.8) is 0 Å². The number of ether oxygens (including phenoxy) is 2. The van der Waals surface area contributed by atoms with Crippen molar-refractivity contribution >= 4 is 46.3 Å². The molecule has 4 rings (SSSR count). The number of benzene rings is 1. The van der Waals surface area contributed by atoms with E-state index in [1.54, 1.807) is 19.0 Å². The van der Waals surface area contributed by atoms with E-state index in [9.17, 15) is 39.0 Å². The molecule has 0 saturated heterocycles. The molecule has 0 spiro atoms. The van der Waals surface area contributed by atoms with Crippen LogP contribution in [0.5, 0.6) is 5.75 Å². The average Bonchev–Trinajstić information content (AvgIpc) is 2.96. The van der Waals surface area contributed by atoms with Crippen molar-refractivity contribution in [1.29, 1.82) is 0 Å². The van der Waals surface area contributed by atoms with E-state index >= 15 is 0 Å². The fourth-order valence-electron chi connectivity index (χ4n) is 7.18. The summed E-state index contributed by atoms with van der Waals surface area (Å²) >= 11 is 0. The number of carbonyl (C=O) groups is 6. The highest BCUT2D eigenvalue weighted by molar-refractivity contribution is 6.32. The molecule has 1 aromatic rings. The Bertz CT molecular complexity index is 1440. The van der Waals surface area contributed by atoms with Crippen LogP contribution in [0.3, 0.4) is 0 Å². The Morgan fingerprint density at radius 1 is 1.09 bits per heavy atom. The van der Waals surface area contributed by atoms with E-state index in [2.05, 4.69) is 10.6 Å². The van der Waals surface area contributed by atoms with Crippen molar-refractivity contribution in [3.05, 3.63) is 17.2 Å². The molecule has 3 aliphatic rings. The lowest BCUT2D eigenvalue weighted by Crippen LogP contribution is -2.74. The lowest BCUT2D eigenvalue weighted by molar-refractivity contribution is -0.181. The number of likely N-dealkylation sites (N-methyl/N-ethyl adjacent to an activating group) is 1. The zero-order valence-corrected chi connectivity index (χ0v) is 26.9. The predicted octanol–water partition coefficient (Wildman–Crippen LogP) is -1.14. The Morgan fingerprint density at radius 2 is 1.72 bits per heavy atom. The van der Waals surface area contributed by atoms with Gasteiger partial charge < -0.3 is 41.0 Å². The van der Waals surface area contributed by atoms with E-state index in [0.29, 0.717) is 24.5 Å². The van der Waals surface area contributed by atoms with Crippen molar-refractivity contribution in [2.45, 2.75) is 44.6 Å². The van der Waals surface area contributed by atoms with Gasteiger partial charge >= 0.3 is 0 Å². The van der Waals surface area contributed by atoms with Gasteiger partial charge in [0.2, 0.25) is 11.8 Å². The number of amides is 2. The Morgan fingerprint density at radius 3 is 2.26 bits per heavy atom. The van der Waals surface area contributed by atoms with Crippen molar-refractivity contribution in [2.24, 2.45) is 29.4 Å². The molecule has 46 heavy (non-hydrogen) atoms. The zero-order valence-electron chi connectivity index (χ0n) is 26.9. The highest BCUT2D eigenvalue weighted by Crippen LogP contribution is 2.52. The number of phenols is 1. The van der Waals surface area contributed by atoms with Gasteiger partial charge in [0.05, 0.1) is 29.8 Å². The third-order valence-electron chi connectivity index (χ3n) is 9.10. The standard InChI is InChI=1S/C31H43N5O10/c1-7-45-20(46-8-2)13-33-12-19(37)34-17-11-18(35(3)4)15-9-14-10-16-24(36(5)6)27(40)23(30(32)43)29(42)31(16,44)28(41)21(14)26(39)22(15)25(17)38/h11,14,16,20-21,23-24,33,38,44H,7-10,12-13H2,1-6H3,(H2,32,43)(H,34,37)/t14?,16?,21?,23?,24-,31-/m0/s1. The SMILES string of the molecule is CCOC(CNCC(=O)Nc1cc(N(C)C)c2c(c1O)C(=O)C1C(=O)[C@]3(O)C(=O)C(C(N)=O)C(=O)[C@@H](N(C)C)C3CC1C2)OCC. The van der Waals surface area contributed by atoms with Crippen LogP contribution >= 0.6 is 0 Å². The predicted molar refractivity (Wildman–Crippen MR) is 164 cm³/mol. The second-order valence-corrected chi connectivity index (χ2v) is 12.3. The molecule has 1 aromatic carbocycles. The van der Waals surface area contributed by atoms with Gasteiger partial charge in [-0.25, -0.2) is 0 Å². The summed E-state index contributed by atoms with van der Waals surface area (Å²) in [6.07, 6.45) is -0.529. The minimum atomic E-state index is -2.82. The monoisotopic (exact) mass is 645 g/mol. The van der Waals surface area contributed by atoms with E-state index in [1.165, 1.54) is 25.1 Å². The number of carbonyl (C=O) groups excluding carboxylic acids is 6. The number of nitrogens with two attached hydrogens (primary N) is 1. The van der Waals surface area contributed by atoms with Crippen molar-refractivity contribution in [1.82, 2.24) is 10.2 Å². The molecular weight excluding hydrogens is 602 g/mol. The summed E-state index contributed by atoms with van der Waals surface area (Å²) in [6.45, 7) is 4.51. The average molecular weight is 646 g/mol. The molecule has 0 radical (unpaired) electrons. The van der Waals surface area contributed by atoms with Gasteiger partial charge in [-0.15, -0.1) is 0 Å². The normalized spacial score (nSPS) is 27.4. The number of phenolic OH excluding ortho intramolecular Hbond substituents is 1. The molecule has 2 saturated carbocycles. The number of nitrogens with zero attached hydrogens (tertiary/aromatic N) is 2. The molecule has 6 N–H and O–H groups in total. The summed E-state index contributed by atoms with van der Waals surface area (Å²) in [7, 11) is 6.48. The zero-order chi connectivity index (χ0) is 34.2. The summed E-state index contributed by atoms with van der Waals surface area (Å²) in [5.41, 5.74) is 3.18. The van der Waals surface area contributed by atoms with Crippen LogP contribution in [-0.2, 0) is 39.9 Å². The van der Waals surface area contributed by atoms with E-state index in [0.717, 1.165) is 0 Å². The van der Waals surface area contributed by atoms with Gasteiger partial charge in [-0.2, -0.15) is 0 Å². The van der Waals surface area contributed by atoms with Crippen LogP contribution in [0.1, 0.15) is 36.2 Å². The smallest absolute Gasteiger partial charge is 0.238 e. The minimum absolute atomic E-state index is 0.0633. The van der Waals surface area contributed by atoms with E-state index in [1.807, 2.05) is 13.8 Å². The highest BCUT2D eigenvalue weighted by Gasteiger charge is 2.69. The Kier molecular flexibility index (Phi) is 10.3. The fraction of sp³-hybridized carbons (Fsp3) is 0.613. The highest BCUT2D eigenvalue weighted by atomic mass is 16.7. The Hall–Kier alpha value is -3.76. The molecule has 0 bridgehead atoms. The van der Waals surface area contributed by atoms with Crippen LogP contribution in [0.25, 0.3) is 0 Å². The number of Topliss-reactive ketones (excluding diaryl/α,β-unsaturated/α-hetero) is 4. The number of aromatic hydroxyl groups is 1. The number of rotatable bonds is 12. The maximum Gasteiger partial charge on any atom is 0.238 e. The fourth-order valence-corrected chi connectivity index (χ4v) is 7.18. The molecule has 0 aromatic heterocycles. The molecular formula is C31H43N5O10. The Labute approximate surface area is 266 Å². The third-order valence-corrected chi connectivity index (χ3v) is 9.10. The summed E-state index contributed by atoms with van der Waals surface area (Å²) in [4.78, 5) is 83.1.